The number of hydrogen-bond donors (Lipinski definition) is 1. The van der Waals surface area contributed by atoms with Crippen molar-refractivity contribution in [3.63, 3.8) is 0 Å². The third kappa shape index (κ3) is 7.14. The van der Waals surface area contributed by atoms with Gasteiger partial charge in [-0.1, -0.05) is 64.0 Å². The number of unbranched alkanes of at least 4 members (excludes halogenated alkanes) is 1. The maximum Gasteiger partial charge on any atom is 0.325 e. The maximum atomic E-state index is 13.7. The molecule has 2 aliphatic carbocycles. The predicted molar refractivity (Wildman–Crippen MR) is 145 cm³/mol. The number of ether oxygens (including phenoxy) is 1. The topological polar surface area (TPSA) is 75.7 Å². The Kier molecular flexibility index (Phi) is 9.66. The summed E-state index contributed by atoms with van der Waals surface area (Å²) in [4.78, 5) is 41.0. The van der Waals surface area contributed by atoms with Gasteiger partial charge in [0.25, 0.3) is 5.91 Å². The van der Waals surface area contributed by atoms with E-state index in [0.29, 0.717) is 37.1 Å². The number of methoxy groups -OCH3 is 1. The Morgan fingerprint density at radius 3 is 2.46 bits per heavy atom. The lowest BCUT2D eigenvalue weighted by atomic mass is 9.76. The second-order valence-corrected chi connectivity index (χ2v) is 11.9. The van der Waals surface area contributed by atoms with Gasteiger partial charge in [-0.2, -0.15) is 0 Å². The molecule has 4 rings (SSSR count). The first-order chi connectivity index (χ1) is 17.9. The number of nitrogens with one attached hydrogen (secondary N) is 1. The fourth-order valence-electron chi connectivity index (χ4n) is 6.90. The van der Waals surface area contributed by atoms with Crippen LogP contribution in [-0.2, 0) is 16.0 Å². The first-order valence-electron chi connectivity index (χ1n) is 14.7. The van der Waals surface area contributed by atoms with E-state index in [9.17, 15) is 14.4 Å². The molecule has 37 heavy (non-hydrogen) atoms. The highest BCUT2D eigenvalue weighted by Gasteiger charge is 2.51. The van der Waals surface area contributed by atoms with Gasteiger partial charge >= 0.3 is 6.03 Å². The van der Waals surface area contributed by atoms with E-state index in [1.54, 1.807) is 7.11 Å². The number of benzene rings is 1. The average Bonchev–Trinajstić information content (AvgIpc) is 3.13. The van der Waals surface area contributed by atoms with Crippen LogP contribution in [0.1, 0.15) is 102 Å². The summed E-state index contributed by atoms with van der Waals surface area (Å²) in [6.45, 7) is 2.67. The molecule has 1 saturated heterocycles. The van der Waals surface area contributed by atoms with Gasteiger partial charge in [0, 0.05) is 19.4 Å². The molecule has 0 aromatic heterocycles. The second kappa shape index (κ2) is 12.9. The molecule has 1 aliphatic heterocycles. The normalized spacial score (nSPS) is 26.8. The average molecular weight is 511 g/mol. The highest BCUT2D eigenvalue weighted by atomic mass is 16.5. The van der Waals surface area contributed by atoms with Crippen molar-refractivity contribution in [2.24, 2.45) is 17.8 Å². The first kappa shape index (κ1) is 27.7. The van der Waals surface area contributed by atoms with Gasteiger partial charge in [0.15, 0.2) is 0 Å². The molecule has 3 fully saturated rings. The molecule has 2 saturated carbocycles. The number of nitrogens with zero attached hydrogens (tertiary/aromatic N) is 1. The Balaban J connectivity index is 1.28. The Labute approximate surface area is 222 Å². The molecule has 3 amide bonds. The molecule has 3 aliphatic rings. The van der Waals surface area contributed by atoms with Gasteiger partial charge in [-0.25, -0.2) is 4.79 Å². The van der Waals surface area contributed by atoms with Crippen molar-refractivity contribution in [3.05, 3.63) is 29.8 Å². The molecule has 6 nitrogen and oxygen atoms in total. The number of imide groups is 1. The zero-order valence-corrected chi connectivity index (χ0v) is 22.9. The minimum absolute atomic E-state index is 0.0205. The van der Waals surface area contributed by atoms with Crippen molar-refractivity contribution in [2.45, 2.75) is 109 Å². The van der Waals surface area contributed by atoms with Crippen LogP contribution in [0.3, 0.4) is 0 Å². The standard InChI is InChI=1S/C31H46N2O4/c1-3-4-17-31(21-24-9-6-5-7-10-24)29(35)33(30(36)32-31)22-25-15-13-23(14-16-25)18-27(34)19-26-11-8-12-28(20-26)37-2/h8,11-12,20,23-25H,3-7,9-10,13-19,21-22H2,1-2H3,(H,32,36). The lowest BCUT2D eigenvalue weighted by Crippen LogP contribution is -2.49. The summed E-state index contributed by atoms with van der Waals surface area (Å²) >= 11 is 0. The number of amides is 3. The van der Waals surface area contributed by atoms with Crippen LogP contribution >= 0.6 is 0 Å². The van der Waals surface area contributed by atoms with Gasteiger partial charge in [0.2, 0.25) is 0 Å². The summed E-state index contributed by atoms with van der Waals surface area (Å²) < 4.78 is 5.27. The van der Waals surface area contributed by atoms with Crippen molar-refractivity contribution < 1.29 is 19.1 Å². The number of urea groups is 1. The lowest BCUT2D eigenvalue weighted by molar-refractivity contribution is -0.133. The Morgan fingerprint density at radius 1 is 1.03 bits per heavy atom. The van der Waals surface area contributed by atoms with E-state index in [0.717, 1.165) is 62.7 Å². The molecule has 204 valence electrons. The van der Waals surface area contributed by atoms with Gasteiger partial charge < -0.3 is 10.1 Å². The summed E-state index contributed by atoms with van der Waals surface area (Å²) in [5.41, 5.74) is 0.301. The monoisotopic (exact) mass is 510 g/mol. The summed E-state index contributed by atoms with van der Waals surface area (Å²) in [5.74, 6) is 2.34. The molecule has 1 atom stereocenters. The van der Waals surface area contributed by atoms with Crippen molar-refractivity contribution in [3.8, 4) is 5.75 Å². The Hall–Kier alpha value is -2.37. The minimum Gasteiger partial charge on any atom is -0.497 e. The van der Waals surface area contributed by atoms with Crippen molar-refractivity contribution in [2.75, 3.05) is 13.7 Å². The molecule has 1 unspecified atom stereocenters. The number of hydrogen-bond acceptors (Lipinski definition) is 4. The third-order valence-corrected chi connectivity index (χ3v) is 9.02. The first-order valence-corrected chi connectivity index (χ1v) is 14.7. The fraction of sp³-hybridized carbons (Fsp3) is 0.710. The molecule has 0 radical (unpaired) electrons. The van der Waals surface area contributed by atoms with E-state index in [4.69, 9.17) is 4.74 Å². The highest BCUT2D eigenvalue weighted by molar-refractivity contribution is 6.07. The zero-order chi connectivity index (χ0) is 26.3. The van der Waals surface area contributed by atoms with E-state index in [1.807, 2.05) is 24.3 Å². The van der Waals surface area contributed by atoms with E-state index in [-0.39, 0.29) is 17.7 Å². The molecular formula is C31H46N2O4. The minimum atomic E-state index is -0.696. The molecule has 1 aromatic carbocycles. The quantitative estimate of drug-likeness (QED) is 0.328. The molecule has 1 N–H and O–H groups in total. The molecule has 0 spiro atoms. The SMILES string of the molecule is CCCCC1(CC2CCCCC2)NC(=O)N(CC2CCC(CC(=O)Cc3cccc(OC)c3)CC2)C1=O. The Bertz CT molecular complexity index is 933. The number of Topliss-reactive ketones (excluding diaryl/α,β-unsaturated/α-hetero) is 1. The van der Waals surface area contributed by atoms with Crippen molar-refractivity contribution >= 4 is 17.7 Å². The van der Waals surface area contributed by atoms with Crippen LogP contribution in [-0.4, -0.2) is 41.8 Å². The van der Waals surface area contributed by atoms with Crippen LogP contribution in [0.5, 0.6) is 5.75 Å². The van der Waals surface area contributed by atoms with E-state index >= 15 is 0 Å². The third-order valence-electron chi connectivity index (χ3n) is 9.02. The summed E-state index contributed by atoms with van der Waals surface area (Å²) in [7, 11) is 1.64. The van der Waals surface area contributed by atoms with E-state index in [2.05, 4.69) is 12.2 Å². The van der Waals surface area contributed by atoms with Gasteiger partial charge in [-0.3, -0.25) is 14.5 Å². The van der Waals surface area contributed by atoms with Crippen molar-refractivity contribution in [1.29, 1.82) is 0 Å². The number of ketones is 1. The summed E-state index contributed by atoms with van der Waals surface area (Å²) in [6, 6.07) is 7.54. The highest BCUT2D eigenvalue weighted by Crippen LogP contribution is 2.38. The smallest absolute Gasteiger partial charge is 0.325 e. The lowest BCUT2D eigenvalue weighted by Gasteiger charge is -2.33. The van der Waals surface area contributed by atoms with E-state index in [1.165, 1.54) is 37.0 Å². The van der Waals surface area contributed by atoms with Gasteiger partial charge in [-0.15, -0.1) is 0 Å². The van der Waals surface area contributed by atoms with Crippen LogP contribution in [0.4, 0.5) is 4.79 Å². The molecule has 0 bridgehead atoms. The van der Waals surface area contributed by atoms with Crippen LogP contribution in [0.2, 0.25) is 0 Å². The maximum absolute atomic E-state index is 13.7. The largest absolute Gasteiger partial charge is 0.497 e. The number of carbonyl (C=O) groups excluding carboxylic acids is 3. The number of rotatable bonds is 12. The second-order valence-electron chi connectivity index (χ2n) is 11.9. The predicted octanol–water partition coefficient (Wildman–Crippen LogP) is 6.45. The molecule has 1 aromatic rings. The van der Waals surface area contributed by atoms with Crippen LogP contribution < -0.4 is 10.1 Å². The van der Waals surface area contributed by atoms with Gasteiger partial charge in [0.05, 0.1) is 7.11 Å². The van der Waals surface area contributed by atoms with Crippen molar-refractivity contribution in [1.82, 2.24) is 10.2 Å². The van der Waals surface area contributed by atoms with Gasteiger partial charge in [0.1, 0.15) is 17.1 Å². The summed E-state index contributed by atoms with van der Waals surface area (Å²) in [5, 5.41) is 3.19. The van der Waals surface area contributed by atoms with Crippen LogP contribution in [0.15, 0.2) is 24.3 Å². The summed E-state index contributed by atoms with van der Waals surface area (Å²) in [6.07, 6.45) is 14.6. The molecule has 1 heterocycles. The van der Waals surface area contributed by atoms with Crippen LogP contribution in [0, 0.1) is 17.8 Å². The zero-order valence-electron chi connectivity index (χ0n) is 22.9. The molecular weight excluding hydrogens is 464 g/mol. The van der Waals surface area contributed by atoms with Crippen LogP contribution in [0.25, 0.3) is 0 Å². The Morgan fingerprint density at radius 2 is 1.76 bits per heavy atom. The van der Waals surface area contributed by atoms with E-state index < -0.39 is 5.54 Å². The van der Waals surface area contributed by atoms with Gasteiger partial charge in [-0.05, 0) is 74.0 Å². The molecule has 6 heteroatoms. The fourth-order valence-corrected chi connectivity index (χ4v) is 6.90. The number of carbonyl (C=O) groups is 3.